The number of amides is 1. The van der Waals surface area contributed by atoms with E-state index in [-0.39, 0.29) is 5.41 Å². The van der Waals surface area contributed by atoms with Crippen LogP contribution >= 0.6 is 0 Å². The lowest BCUT2D eigenvalue weighted by atomic mass is 9.64. The zero-order valence-electron chi connectivity index (χ0n) is 14.4. The fraction of sp³-hybridized carbons (Fsp3) is 0.944. The van der Waals surface area contributed by atoms with Gasteiger partial charge in [0, 0.05) is 43.1 Å². The summed E-state index contributed by atoms with van der Waals surface area (Å²) in [6.45, 7) is 9.31. The largest absolute Gasteiger partial charge is 0.378 e. The predicted octanol–water partition coefficient (Wildman–Crippen LogP) is 2.57. The van der Waals surface area contributed by atoms with E-state index in [2.05, 4.69) is 31.0 Å². The van der Waals surface area contributed by atoms with Crippen molar-refractivity contribution in [3.05, 3.63) is 0 Å². The molecular weight excluding hydrogens is 276 g/mol. The van der Waals surface area contributed by atoms with Crippen LogP contribution in [0.25, 0.3) is 0 Å². The van der Waals surface area contributed by atoms with Crippen molar-refractivity contribution in [1.82, 2.24) is 10.2 Å². The number of nitrogens with one attached hydrogen (secondary N) is 1. The van der Waals surface area contributed by atoms with Gasteiger partial charge in [-0.1, -0.05) is 26.7 Å². The van der Waals surface area contributed by atoms with Gasteiger partial charge in [-0.3, -0.25) is 4.79 Å². The summed E-state index contributed by atoms with van der Waals surface area (Å²) in [6, 6.07) is 0.993. The van der Waals surface area contributed by atoms with E-state index >= 15 is 0 Å². The molecule has 3 fully saturated rings. The van der Waals surface area contributed by atoms with Gasteiger partial charge in [0.15, 0.2) is 0 Å². The number of rotatable bonds is 5. The van der Waals surface area contributed by atoms with Gasteiger partial charge < -0.3 is 15.0 Å². The first-order chi connectivity index (χ1) is 10.5. The molecule has 1 N–H and O–H groups in total. The van der Waals surface area contributed by atoms with Gasteiger partial charge in [-0.2, -0.15) is 0 Å². The van der Waals surface area contributed by atoms with Gasteiger partial charge in [0.1, 0.15) is 0 Å². The second-order valence-corrected chi connectivity index (χ2v) is 7.97. The Balaban J connectivity index is 1.46. The van der Waals surface area contributed by atoms with Crippen molar-refractivity contribution in [2.45, 2.75) is 77.5 Å². The Morgan fingerprint density at radius 2 is 2.00 bits per heavy atom. The van der Waals surface area contributed by atoms with Crippen LogP contribution in [-0.4, -0.2) is 48.7 Å². The van der Waals surface area contributed by atoms with E-state index in [9.17, 15) is 4.79 Å². The summed E-state index contributed by atoms with van der Waals surface area (Å²) in [5.74, 6) is 0.739. The molecule has 3 aliphatic rings. The van der Waals surface area contributed by atoms with Crippen molar-refractivity contribution in [2.75, 3.05) is 19.7 Å². The van der Waals surface area contributed by atoms with Crippen LogP contribution in [0.2, 0.25) is 0 Å². The zero-order valence-corrected chi connectivity index (χ0v) is 14.4. The highest BCUT2D eigenvalue weighted by molar-refractivity contribution is 5.79. The Morgan fingerprint density at radius 3 is 2.64 bits per heavy atom. The molecule has 4 nitrogen and oxygen atoms in total. The molecule has 0 aromatic carbocycles. The highest BCUT2D eigenvalue weighted by Crippen LogP contribution is 2.43. The number of nitrogens with zero attached hydrogens (tertiary/aromatic N) is 1. The fourth-order valence-electron chi connectivity index (χ4n) is 4.46. The van der Waals surface area contributed by atoms with E-state index in [0.29, 0.717) is 30.0 Å². The topological polar surface area (TPSA) is 41.6 Å². The first-order valence-corrected chi connectivity index (χ1v) is 9.18. The summed E-state index contributed by atoms with van der Waals surface area (Å²) in [5.41, 5.74) is 0.207. The average Bonchev–Trinajstić information content (AvgIpc) is 3.17. The van der Waals surface area contributed by atoms with Gasteiger partial charge in [-0.05, 0) is 32.6 Å². The smallest absolute Gasteiger partial charge is 0.225 e. The number of likely N-dealkylation sites (tertiary alicyclic amines) is 1. The molecule has 0 unspecified atom stereocenters. The molecule has 22 heavy (non-hydrogen) atoms. The molecule has 3 atom stereocenters. The summed E-state index contributed by atoms with van der Waals surface area (Å²) in [7, 11) is 0. The monoisotopic (exact) mass is 308 g/mol. The predicted molar refractivity (Wildman–Crippen MR) is 87.7 cm³/mol. The highest BCUT2D eigenvalue weighted by Gasteiger charge is 2.49. The van der Waals surface area contributed by atoms with Crippen molar-refractivity contribution >= 4 is 5.91 Å². The minimum absolute atomic E-state index is 0.207. The van der Waals surface area contributed by atoms with Gasteiger partial charge >= 0.3 is 0 Å². The van der Waals surface area contributed by atoms with E-state index < -0.39 is 0 Å². The summed E-state index contributed by atoms with van der Waals surface area (Å²) < 4.78 is 5.81. The van der Waals surface area contributed by atoms with Crippen LogP contribution in [0.5, 0.6) is 0 Å². The Labute approximate surface area is 135 Å². The fourth-order valence-corrected chi connectivity index (χ4v) is 4.46. The van der Waals surface area contributed by atoms with Crippen molar-refractivity contribution < 1.29 is 9.53 Å². The van der Waals surface area contributed by atoms with E-state index in [4.69, 9.17) is 4.74 Å². The van der Waals surface area contributed by atoms with Crippen LogP contribution in [0.4, 0.5) is 0 Å². The van der Waals surface area contributed by atoms with Crippen LogP contribution < -0.4 is 5.32 Å². The second-order valence-electron chi connectivity index (χ2n) is 7.97. The van der Waals surface area contributed by atoms with Crippen molar-refractivity contribution in [1.29, 1.82) is 0 Å². The molecule has 2 aliphatic carbocycles. The lowest BCUT2D eigenvalue weighted by Gasteiger charge is -2.52. The molecule has 1 amide bonds. The Morgan fingerprint density at radius 1 is 1.27 bits per heavy atom. The van der Waals surface area contributed by atoms with Gasteiger partial charge in [0.2, 0.25) is 5.91 Å². The summed E-state index contributed by atoms with van der Waals surface area (Å²) >= 11 is 0. The molecule has 4 heteroatoms. The highest BCUT2D eigenvalue weighted by atomic mass is 16.5. The SMILES string of the molecule is CCO[C@@H]1C[C@H](N[C@H]2CCN(C(=O)C3CCCC3)C2)C1(C)C. The molecule has 0 spiro atoms. The first kappa shape index (κ1) is 16.3. The minimum Gasteiger partial charge on any atom is -0.378 e. The number of carbonyl (C=O) groups excluding carboxylic acids is 1. The maximum absolute atomic E-state index is 12.5. The van der Waals surface area contributed by atoms with Crippen molar-refractivity contribution in [3.8, 4) is 0 Å². The van der Waals surface area contributed by atoms with E-state index in [1.165, 1.54) is 12.8 Å². The van der Waals surface area contributed by atoms with Crippen LogP contribution in [0.1, 0.15) is 59.3 Å². The van der Waals surface area contributed by atoms with Crippen LogP contribution in [0.15, 0.2) is 0 Å². The summed E-state index contributed by atoms with van der Waals surface area (Å²) in [6.07, 6.45) is 7.28. The van der Waals surface area contributed by atoms with Gasteiger partial charge in [-0.25, -0.2) is 0 Å². The molecule has 1 aliphatic heterocycles. The van der Waals surface area contributed by atoms with Crippen LogP contribution in [-0.2, 0) is 9.53 Å². The van der Waals surface area contributed by atoms with Gasteiger partial charge in [0.05, 0.1) is 6.10 Å². The number of carbonyl (C=O) groups is 1. The third-order valence-electron chi connectivity index (χ3n) is 6.19. The average molecular weight is 308 g/mol. The number of hydrogen-bond donors (Lipinski definition) is 1. The molecule has 0 bridgehead atoms. The molecule has 1 heterocycles. The molecule has 0 radical (unpaired) electrons. The van der Waals surface area contributed by atoms with Gasteiger partial charge in [0.25, 0.3) is 0 Å². The van der Waals surface area contributed by atoms with Crippen LogP contribution in [0.3, 0.4) is 0 Å². The third kappa shape index (κ3) is 3.05. The van der Waals surface area contributed by atoms with Crippen molar-refractivity contribution in [3.63, 3.8) is 0 Å². The number of ether oxygens (including phenoxy) is 1. The van der Waals surface area contributed by atoms with Crippen LogP contribution in [0, 0.1) is 11.3 Å². The van der Waals surface area contributed by atoms with E-state index in [1.807, 2.05) is 0 Å². The molecule has 1 saturated heterocycles. The maximum atomic E-state index is 12.5. The maximum Gasteiger partial charge on any atom is 0.225 e. The molecular formula is C18H32N2O2. The summed E-state index contributed by atoms with van der Waals surface area (Å²) in [5, 5.41) is 3.80. The minimum atomic E-state index is 0.207. The molecule has 2 saturated carbocycles. The first-order valence-electron chi connectivity index (χ1n) is 9.18. The zero-order chi connectivity index (χ0) is 15.7. The number of hydrogen-bond acceptors (Lipinski definition) is 3. The molecule has 0 aromatic heterocycles. The Hall–Kier alpha value is -0.610. The third-order valence-corrected chi connectivity index (χ3v) is 6.19. The standard InChI is InChI=1S/C18H32N2O2/c1-4-22-16-11-15(18(16,2)3)19-14-9-10-20(12-14)17(21)13-7-5-6-8-13/h13-16,19H,4-12H2,1-3H3/t14-,15-,16+/m0/s1. The Kier molecular flexibility index (Phi) is 4.79. The van der Waals surface area contributed by atoms with E-state index in [0.717, 1.165) is 45.4 Å². The second kappa shape index (κ2) is 6.48. The lowest BCUT2D eigenvalue weighted by Crippen LogP contribution is -2.63. The lowest BCUT2D eigenvalue weighted by molar-refractivity contribution is -0.134. The van der Waals surface area contributed by atoms with E-state index in [1.54, 1.807) is 0 Å². The molecule has 0 aromatic rings. The molecule has 3 rings (SSSR count). The van der Waals surface area contributed by atoms with Crippen molar-refractivity contribution in [2.24, 2.45) is 11.3 Å². The normalized spacial score (nSPS) is 34.9. The summed E-state index contributed by atoms with van der Waals surface area (Å²) in [4.78, 5) is 14.6. The quantitative estimate of drug-likeness (QED) is 0.849. The Bertz CT molecular complexity index is 404. The van der Waals surface area contributed by atoms with Gasteiger partial charge in [-0.15, -0.1) is 0 Å². The molecule has 126 valence electrons.